The molecule has 0 fully saturated rings. The predicted octanol–water partition coefficient (Wildman–Crippen LogP) is 3.07. The number of hydrogen-bond donors (Lipinski definition) is 1. The monoisotopic (exact) mass is 229 g/mol. The molecule has 0 aliphatic rings. The molecule has 0 spiro atoms. The smallest absolute Gasteiger partial charge is 0.242 e. The van der Waals surface area contributed by atoms with Crippen molar-refractivity contribution in [3.8, 4) is 11.4 Å². The van der Waals surface area contributed by atoms with Crippen LogP contribution in [0.25, 0.3) is 16.9 Å². The van der Waals surface area contributed by atoms with E-state index in [9.17, 15) is 0 Å². The van der Waals surface area contributed by atoms with Crippen molar-refractivity contribution in [3.05, 3.63) is 59.9 Å². The van der Waals surface area contributed by atoms with Crippen LogP contribution in [0.3, 0.4) is 0 Å². The Kier molecular flexibility index (Phi) is 2.15. The summed E-state index contributed by atoms with van der Waals surface area (Å²) in [5.74, 6) is 1.00. The van der Waals surface area contributed by atoms with Gasteiger partial charge in [-0.3, -0.25) is 0 Å². The minimum atomic E-state index is 0.752. The highest BCUT2D eigenvalue weighted by molar-refractivity contribution is 6.33. The molecule has 0 aliphatic heterocycles. The Balaban J connectivity index is 2.31. The Morgan fingerprint density at radius 3 is 2.69 bits per heavy atom. The van der Waals surface area contributed by atoms with Crippen molar-refractivity contribution in [2.45, 2.75) is 0 Å². The number of imidazole rings is 1. The second kappa shape index (κ2) is 3.65. The van der Waals surface area contributed by atoms with Gasteiger partial charge in [0.2, 0.25) is 0 Å². The van der Waals surface area contributed by atoms with Crippen LogP contribution in [0.1, 0.15) is 0 Å². The quantitative estimate of drug-likeness (QED) is 0.619. The fourth-order valence-electron chi connectivity index (χ4n) is 1.85. The number of pyridine rings is 1. The number of aromatic nitrogens is 2. The average molecular weight is 230 g/mol. The topological polar surface area (TPSA) is 19.9 Å². The van der Waals surface area contributed by atoms with Crippen molar-refractivity contribution in [3.63, 3.8) is 0 Å². The molecular formula is C13H10ClN2+. The summed E-state index contributed by atoms with van der Waals surface area (Å²) in [6, 6.07) is 13.9. The first-order valence-electron chi connectivity index (χ1n) is 5.09. The van der Waals surface area contributed by atoms with Gasteiger partial charge in [0.05, 0.1) is 16.8 Å². The van der Waals surface area contributed by atoms with Crippen LogP contribution in [0, 0.1) is 0 Å². The highest BCUT2D eigenvalue weighted by Crippen LogP contribution is 2.23. The molecule has 3 rings (SSSR count). The van der Waals surface area contributed by atoms with E-state index < -0.39 is 0 Å². The van der Waals surface area contributed by atoms with E-state index in [1.807, 2.05) is 48.8 Å². The van der Waals surface area contributed by atoms with E-state index in [4.69, 9.17) is 11.6 Å². The molecule has 3 heteroatoms. The Morgan fingerprint density at radius 1 is 1.00 bits per heavy atom. The first-order valence-corrected chi connectivity index (χ1v) is 5.47. The van der Waals surface area contributed by atoms with Crippen molar-refractivity contribution in [2.24, 2.45) is 0 Å². The van der Waals surface area contributed by atoms with Crippen LogP contribution >= 0.6 is 11.6 Å². The van der Waals surface area contributed by atoms with Gasteiger partial charge in [0.1, 0.15) is 6.20 Å². The van der Waals surface area contributed by atoms with Gasteiger partial charge >= 0.3 is 0 Å². The maximum Gasteiger partial charge on any atom is 0.293 e. The van der Waals surface area contributed by atoms with Crippen LogP contribution in [0.15, 0.2) is 54.9 Å². The number of H-pyrrole nitrogens is 1. The molecule has 0 unspecified atom stereocenters. The molecule has 78 valence electrons. The number of fused-ring (bicyclic) bond motifs is 1. The van der Waals surface area contributed by atoms with Gasteiger partial charge in [-0.25, -0.2) is 4.98 Å². The fraction of sp³-hybridized carbons (Fsp3) is 0. The average Bonchev–Trinajstić information content (AvgIpc) is 2.74. The number of nitrogens with zero attached hydrogens (tertiary/aromatic N) is 1. The molecule has 2 nitrogen and oxygen atoms in total. The lowest BCUT2D eigenvalue weighted by Gasteiger charge is -1.97. The standard InChI is InChI=1S/C13H9ClN2/c14-12-7-2-1-6-11(12)13-15-9-10-5-3-4-8-16(10)13/h1-9H/p+1. The Hall–Kier alpha value is -1.80. The molecule has 0 atom stereocenters. The molecule has 0 saturated carbocycles. The van der Waals surface area contributed by atoms with Gasteiger partial charge in [-0.1, -0.05) is 29.8 Å². The molecule has 0 aliphatic carbocycles. The molecule has 0 radical (unpaired) electrons. The van der Waals surface area contributed by atoms with Gasteiger partial charge in [0, 0.05) is 0 Å². The van der Waals surface area contributed by atoms with E-state index >= 15 is 0 Å². The van der Waals surface area contributed by atoms with Crippen LogP contribution < -0.4 is 4.40 Å². The van der Waals surface area contributed by atoms with E-state index in [1.54, 1.807) is 0 Å². The third-order valence-electron chi connectivity index (χ3n) is 2.62. The molecule has 1 N–H and O–H groups in total. The number of halogens is 1. The van der Waals surface area contributed by atoms with Crippen LogP contribution in [0.5, 0.6) is 0 Å². The highest BCUT2D eigenvalue weighted by atomic mass is 35.5. The number of rotatable bonds is 1. The predicted molar refractivity (Wildman–Crippen MR) is 64.4 cm³/mol. The van der Waals surface area contributed by atoms with Crippen molar-refractivity contribution < 1.29 is 4.40 Å². The SMILES string of the molecule is Clc1ccccc1-c1[nH]cc2cccc[n+]12. The number of hydrogen-bond acceptors (Lipinski definition) is 0. The minimum Gasteiger partial charge on any atom is -0.242 e. The van der Waals surface area contributed by atoms with Crippen molar-refractivity contribution in [1.29, 1.82) is 0 Å². The number of aromatic amines is 1. The maximum absolute atomic E-state index is 6.18. The van der Waals surface area contributed by atoms with Crippen LogP contribution in [-0.2, 0) is 0 Å². The largest absolute Gasteiger partial charge is 0.293 e. The van der Waals surface area contributed by atoms with Gasteiger partial charge in [0.15, 0.2) is 5.52 Å². The van der Waals surface area contributed by atoms with E-state index in [0.29, 0.717) is 0 Å². The molecule has 1 aromatic carbocycles. The third-order valence-corrected chi connectivity index (χ3v) is 2.95. The summed E-state index contributed by atoms with van der Waals surface area (Å²) >= 11 is 6.18. The zero-order chi connectivity index (χ0) is 11.0. The Labute approximate surface area is 98.1 Å². The molecule has 0 amide bonds. The second-order valence-electron chi connectivity index (χ2n) is 3.61. The Morgan fingerprint density at radius 2 is 1.81 bits per heavy atom. The summed E-state index contributed by atoms with van der Waals surface area (Å²) in [6.45, 7) is 0. The van der Waals surface area contributed by atoms with Crippen LogP contribution in [0.4, 0.5) is 0 Å². The van der Waals surface area contributed by atoms with Gasteiger partial charge in [0.25, 0.3) is 5.82 Å². The summed E-state index contributed by atoms with van der Waals surface area (Å²) in [5, 5.41) is 0.752. The summed E-state index contributed by atoms with van der Waals surface area (Å²) in [6.07, 6.45) is 3.99. The maximum atomic E-state index is 6.18. The van der Waals surface area contributed by atoms with E-state index in [0.717, 1.165) is 21.9 Å². The zero-order valence-corrected chi connectivity index (χ0v) is 9.28. The number of nitrogens with one attached hydrogen (secondary N) is 1. The van der Waals surface area contributed by atoms with E-state index in [2.05, 4.69) is 15.5 Å². The first kappa shape index (κ1) is 9.43. The van der Waals surface area contributed by atoms with Crippen LogP contribution in [0.2, 0.25) is 5.02 Å². The van der Waals surface area contributed by atoms with Gasteiger partial charge < -0.3 is 0 Å². The van der Waals surface area contributed by atoms with Crippen molar-refractivity contribution in [1.82, 2.24) is 4.98 Å². The summed E-state index contributed by atoms with van der Waals surface area (Å²) < 4.78 is 2.08. The van der Waals surface area contributed by atoms with Crippen molar-refractivity contribution >= 4 is 17.1 Å². The molecule has 0 saturated heterocycles. The molecule has 16 heavy (non-hydrogen) atoms. The fourth-order valence-corrected chi connectivity index (χ4v) is 2.08. The summed E-state index contributed by atoms with van der Waals surface area (Å²) in [7, 11) is 0. The lowest BCUT2D eigenvalue weighted by atomic mass is 10.2. The van der Waals surface area contributed by atoms with Gasteiger partial charge in [-0.2, -0.15) is 4.40 Å². The molecule has 3 aromatic rings. The normalized spacial score (nSPS) is 10.8. The molecule has 2 aromatic heterocycles. The molecular weight excluding hydrogens is 220 g/mol. The van der Waals surface area contributed by atoms with E-state index in [1.165, 1.54) is 0 Å². The first-order chi connectivity index (χ1) is 7.86. The lowest BCUT2D eigenvalue weighted by Crippen LogP contribution is -2.20. The van der Waals surface area contributed by atoms with Crippen LogP contribution in [-0.4, -0.2) is 4.98 Å². The molecule has 2 heterocycles. The second-order valence-corrected chi connectivity index (χ2v) is 4.02. The Bertz CT molecular complexity index is 643. The highest BCUT2D eigenvalue weighted by Gasteiger charge is 2.15. The lowest BCUT2D eigenvalue weighted by molar-refractivity contribution is -0.498. The molecule has 0 bridgehead atoms. The minimum absolute atomic E-state index is 0.752. The zero-order valence-electron chi connectivity index (χ0n) is 8.52. The third kappa shape index (κ3) is 1.39. The van der Waals surface area contributed by atoms with Crippen molar-refractivity contribution in [2.75, 3.05) is 0 Å². The number of benzene rings is 1. The summed E-state index contributed by atoms with van der Waals surface area (Å²) in [4.78, 5) is 3.25. The van der Waals surface area contributed by atoms with Gasteiger partial charge in [-0.05, 0) is 24.3 Å². The van der Waals surface area contributed by atoms with Gasteiger partial charge in [-0.15, -0.1) is 0 Å². The summed E-state index contributed by atoms with van der Waals surface area (Å²) in [5.41, 5.74) is 2.13. The van der Waals surface area contributed by atoms with E-state index in [-0.39, 0.29) is 0 Å².